The van der Waals surface area contributed by atoms with Gasteiger partial charge in [0.1, 0.15) is 6.29 Å². The number of hydrogen-bond donors (Lipinski definition) is 0. The van der Waals surface area contributed by atoms with E-state index in [0.717, 1.165) is 18.4 Å². The smallest absolute Gasteiger partial charge is 0.150 e. The Labute approximate surface area is 175 Å². The van der Waals surface area contributed by atoms with Crippen LogP contribution in [0.4, 0.5) is 5.69 Å². The van der Waals surface area contributed by atoms with Crippen LogP contribution < -0.4 is 4.90 Å². The molecular weight excluding hydrogens is 342 g/mol. The van der Waals surface area contributed by atoms with Crippen molar-refractivity contribution in [3.05, 3.63) is 29.8 Å². The van der Waals surface area contributed by atoms with E-state index in [1.807, 2.05) is 24.3 Å². The molecule has 0 N–H and O–H groups in total. The highest BCUT2D eigenvalue weighted by Crippen LogP contribution is 2.16. The van der Waals surface area contributed by atoms with Gasteiger partial charge in [0.2, 0.25) is 0 Å². The number of unbranched alkanes of at least 4 members (excludes halogenated alkanes) is 15. The number of hydrogen-bond acceptors (Lipinski definition) is 2. The number of nitrogens with zero attached hydrogens (tertiary/aromatic N) is 1. The van der Waals surface area contributed by atoms with E-state index < -0.39 is 0 Å². The molecule has 0 heterocycles. The summed E-state index contributed by atoms with van der Waals surface area (Å²) >= 11 is 0. The number of benzene rings is 1. The molecule has 160 valence electrons. The van der Waals surface area contributed by atoms with Crippen LogP contribution in [0.15, 0.2) is 24.3 Å². The second-order valence-electron chi connectivity index (χ2n) is 8.43. The lowest BCUT2D eigenvalue weighted by atomic mass is 10.0. The van der Waals surface area contributed by atoms with E-state index in [0.29, 0.717) is 0 Å². The van der Waals surface area contributed by atoms with Crippen LogP contribution in [0.5, 0.6) is 0 Å². The van der Waals surface area contributed by atoms with Crippen LogP contribution in [-0.2, 0) is 0 Å². The summed E-state index contributed by atoms with van der Waals surface area (Å²) in [5.41, 5.74) is 1.95. The van der Waals surface area contributed by atoms with Crippen LogP contribution in [0.2, 0.25) is 0 Å². The Bertz CT molecular complexity index is 468. The highest BCUT2D eigenvalue weighted by atomic mass is 16.1. The third-order valence-corrected chi connectivity index (χ3v) is 5.82. The first-order valence-corrected chi connectivity index (χ1v) is 12.0. The van der Waals surface area contributed by atoms with Gasteiger partial charge >= 0.3 is 0 Å². The summed E-state index contributed by atoms with van der Waals surface area (Å²) in [5, 5.41) is 0. The van der Waals surface area contributed by atoms with Gasteiger partial charge in [-0.05, 0) is 30.7 Å². The average molecular weight is 388 g/mol. The zero-order chi connectivity index (χ0) is 20.3. The summed E-state index contributed by atoms with van der Waals surface area (Å²) in [4.78, 5) is 13.0. The Hall–Kier alpha value is -1.31. The number of carbonyl (C=O) groups excluding carboxylic acids is 1. The van der Waals surface area contributed by atoms with Crippen molar-refractivity contribution >= 4 is 12.0 Å². The van der Waals surface area contributed by atoms with Gasteiger partial charge in [-0.2, -0.15) is 0 Å². The molecule has 28 heavy (non-hydrogen) atoms. The largest absolute Gasteiger partial charge is 0.375 e. The van der Waals surface area contributed by atoms with Crippen LogP contribution in [0, 0.1) is 0 Å². The van der Waals surface area contributed by atoms with Gasteiger partial charge < -0.3 is 4.90 Å². The molecule has 0 radical (unpaired) electrons. The van der Waals surface area contributed by atoms with E-state index in [9.17, 15) is 4.79 Å². The lowest BCUT2D eigenvalue weighted by Gasteiger charge is -2.19. The first-order valence-electron chi connectivity index (χ1n) is 12.0. The first-order chi connectivity index (χ1) is 13.8. The maximum Gasteiger partial charge on any atom is 0.150 e. The van der Waals surface area contributed by atoms with E-state index in [1.165, 1.54) is 108 Å². The second-order valence-corrected chi connectivity index (χ2v) is 8.43. The van der Waals surface area contributed by atoms with E-state index in [4.69, 9.17) is 0 Å². The van der Waals surface area contributed by atoms with Crippen molar-refractivity contribution in [1.82, 2.24) is 0 Å². The summed E-state index contributed by atoms with van der Waals surface area (Å²) in [6.07, 6.45) is 23.5. The van der Waals surface area contributed by atoms with E-state index in [2.05, 4.69) is 18.9 Å². The van der Waals surface area contributed by atoms with E-state index >= 15 is 0 Å². The lowest BCUT2D eigenvalue weighted by Crippen LogP contribution is -2.18. The fraction of sp³-hybridized carbons (Fsp3) is 0.731. The van der Waals surface area contributed by atoms with Crippen LogP contribution in [0.3, 0.4) is 0 Å². The predicted octanol–water partition coefficient (Wildman–Crippen LogP) is 8.20. The van der Waals surface area contributed by atoms with Crippen molar-refractivity contribution in [3.63, 3.8) is 0 Å². The maximum atomic E-state index is 10.7. The summed E-state index contributed by atoms with van der Waals surface area (Å²) in [5.74, 6) is 0. The van der Waals surface area contributed by atoms with Crippen molar-refractivity contribution in [2.45, 2.75) is 110 Å². The van der Waals surface area contributed by atoms with Gasteiger partial charge in [0.15, 0.2) is 0 Å². The van der Waals surface area contributed by atoms with Crippen LogP contribution in [0.25, 0.3) is 0 Å². The van der Waals surface area contributed by atoms with Crippen molar-refractivity contribution in [3.8, 4) is 0 Å². The molecule has 0 aliphatic rings. The summed E-state index contributed by atoms with van der Waals surface area (Å²) in [6.45, 7) is 3.39. The molecule has 1 aromatic carbocycles. The van der Waals surface area contributed by atoms with Crippen molar-refractivity contribution in [1.29, 1.82) is 0 Å². The van der Waals surface area contributed by atoms with Crippen molar-refractivity contribution < 1.29 is 4.79 Å². The fourth-order valence-electron chi connectivity index (χ4n) is 3.83. The molecule has 1 aromatic rings. The molecular formula is C26H45NO. The fourth-order valence-corrected chi connectivity index (χ4v) is 3.83. The summed E-state index contributed by atoms with van der Waals surface area (Å²) in [6, 6.07) is 7.87. The average Bonchev–Trinajstić information content (AvgIpc) is 2.73. The first kappa shape index (κ1) is 24.7. The molecule has 2 heteroatoms. The zero-order valence-electron chi connectivity index (χ0n) is 18.8. The Morgan fingerprint density at radius 3 is 1.43 bits per heavy atom. The van der Waals surface area contributed by atoms with E-state index in [1.54, 1.807) is 0 Å². The Kier molecular flexibility index (Phi) is 15.7. The van der Waals surface area contributed by atoms with Gasteiger partial charge in [0.25, 0.3) is 0 Å². The SMILES string of the molecule is CCCCCCCCCCCCCCCCCCN(C)c1ccc(C=O)cc1. The topological polar surface area (TPSA) is 20.3 Å². The monoisotopic (exact) mass is 387 g/mol. The molecule has 0 spiro atoms. The number of anilines is 1. The van der Waals surface area contributed by atoms with Gasteiger partial charge in [-0.15, -0.1) is 0 Å². The minimum atomic E-state index is 0.750. The van der Waals surface area contributed by atoms with Gasteiger partial charge in [-0.3, -0.25) is 4.79 Å². The molecule has 0 amide bonds. The van der Waals surface area contributed by atoms with Crippen molar-refractivity contribution in [2.24, 2.45) is 0 Å². The molecule has 0 fully saturated rings. The molecule has 0 aliphatic carbocycles. The standard InChI is InChI=1S/C26H45NO/c1-3-4-5-6-7-8-9-10-11-12-13-14-15-16-17-18-23-27(2)26-21-19-25(24-28)20-22-26/h19-22,24H,3-18,23H2,1-2H3. The zero-order valence-corrected chi connectivity index (χ0v) is 18.8. The Balaban J connectivity index is 1.83. The van der Waals surface area contributed by atoms with Crippen molar-refractivity contribution in [2.75, 3.05) is 18.5 Å². The Morgan fingerprint density at radius 2 is 1.04 bits per heavy atom. The van der Waals surface area contributed by atoms with Crippen LogP contribution in [-0.4, -0.2) is 19.9 Å². The summed E-state index contributed by atoms with van der Waals surface area (Å²) in [7, 11) is 2.14. The van der Waals surface area contributed by atoms with Gasteiger partial charge in [-0.25, -0.2) is 0 Å². The molecule has 0 aromatic heterocycles. The Morgan fingerprint density at radius 1 is 0.643 bits per heavy atom. The van der Waals surface area contributed by atoms with Crippen LogP contribution >= 0.6 is 0 Å². The highest BCUT2D eigenvalue weighted by molar-refractivity contribution is 5.75. The molecule has 1 rings (SSSR count). The minimum absolute atomic E-state index is 0.750. The predicted molar refractivity (Wildman–Crippen MR) is 125 cm³/mol. The highest BCUT2D eigenvalue weighted by Gasteiger charge is 2.01. The minimum Gasteiger partial charge on any atom is -0.375 e. The second kappa shape index (κ2) is 17.8. The van der Waals surface area contributed by atoms with Gasteiger partial charge in [0, 0.05) is 24.8 Å². The number of aldehydes is 1. The molecule has 0 unspecified atom stereocenters. The molecule has 0 saturated carbocycles. The molecule has 0 atom stereocenters. The lowest BCUT2D eigenvalue weighted by molar-refractivity contribution is 0.112. The van der Waals surface area contributed by atoms with Gasteiger partial charge in [0.05, 0.1) is 0 Å². The van der Waals surface area contributed by atoms with E-state index in [-0.39, 0.29) is 0 Å². The molecule has 0 aliphatic heterocycles. The summed E-state index contributed by atoms with van der Waals surface area (Å²) < 4.78 is 0. The maximum absolute atomic E-state index is 10.7. The normalized spacial score (nSPS) is 10.9. The third-order valence-electron chi connectivity index (χ3n) is 5.82. The van der Waals surface area contributed by atoms with Gasteiger partial charge in [-0.1, -0.05) is 103 Å². The number of carbonyl (C=O) groups is 1. The quantitative estimate of drug-likeness (QED) is 0.176. The molecule has 0 saturated heterocycles. The van der Waals surface area contributed by atoms with Crippen LogP contribution in [0.1, 0.15) is 120 Å². The third kappa shape index (κ3) is 13.0. The number of rotatable bonds is 19. The molecule has 0 bridgehead atoms. The molecule has 2 nitrogen and oxygen atoms in total.